The Kier molecular flexibility index (Phi) is 5.56. The van der Waals surface area contributed by atoms with Crippen LogP contribution in [0.15, 0.2) is 77.5 Å². The molecule has 2 aromatic carbocycles. The minimum atomic E-state index is -0.185. The van der Waals surface area contributed by atoms with Gasteiger partial charge in [-0.1, -0.05) is 69.3 Å². The van der Waals surface area contributed by atoms with E-state index in [0.717, 1.165) is 32.7 Å². The normalized spacial score (nSPS) is 11.6. The number of carbonyl (C=O) groups is 1. The summed E-state index contributed by atoms with van der Waals surface area (Å²) in [5, 5.41) is 8.38. The summed E-state index contributed by atoms with van der Waals surface area (Å²) in [5.41, 5.74) is 5.47. The number of carbonyl (C=O) groups excluding carboxylic acids is 1. The number of thiazole rings is 1. The summed E-state index contributed by atoms with van der Waals surface area (Å²) in [6.45, 7) is 6.60. The summed E-state index contributed by atoms with van der Waals surface area (Å²) < 4.78 is 0. The van der Waals surface area contributed by atoms with E-state index in [1.54, 1.807) is 11.3 Å². The zero-order valence-corrected chi connectivity index (χ0v) is 20.3. The Morgan fingerprint density at radius 2 is 1.67 bits per heavy atom. The molecular formula is C27H23N3OS2. The largest absolute Gasteiger partial charge is 0.298 e. The fourth-order valence-electron chi connectivity index (χ4n) is 3.68. The molecule has 3 aromatic heterocycles. The molecule has 1 N–H and O–H groups in total. The van der Waals surface area contributed by atoms with Crippen LogP contribution in [0.2, 0.25) is 0 Å². The number of para-hydroxylation sites is 1. The van der Waals surface area contributed by atoms with Crippen LogP contribution >= 0.6 is 22.7 Å². The van der Waals surface area contributed by atoms with Crippen molar-refractivity contribution in [1.29, 1.82) is 0 Å². The monoisotopic (exact) mass is 469 g/mol. The Morgan fingerprint density at radius 3 is 2.39 bits per heavy atom. The molecule has 0 unspecified atom stereocenters. The maximum atomic E-state index is 13.3. The molecule has 164 valence electrons. The number of thiophene rings is 1. The molecule has 0 aliphatic rings. The van der Waals surface area contributed by atoms with E-state index in [2.05, 4.69) is 55.3 Å². The summed E-state index contributed by atoms with van der Waals surface area (Å²) in [6.07, 6.45) is 0. The Bertz CT molecular complexity index is 1430. The summed E-state index contributed by atoms with van der Waals surface area (Å²) >= 11 is 3.04. The van der Waals surface area contributed by atoms with E-state index in [9.17, 15) is 4.79 Å². The Balaban J connectivity index is 1.43. The molecule has 6 heteroatoms. The number of rotatable bonds is 4. The average Bonchev–Trinajstić information content (AvgIpc) is 3.50. The van der Waals surface area contributed by atoms with Gasteiger partial charge in [-0.15, -0.1) is 22.7 Å². The number of benzene rings is 2. The average molecular weight is 470 g/mol. The first-order chi connectivity index (χ1) is 15.9. The highest BCUT2D eigenvalue weighted by molar-refractivity contribution is 7.14. The molecule has 3 heterocycles. The highest BCUT2D eigenvalue weighted by atomic mass is 32.1. The molecule has 0 aliphatic heterocycles. The number of hydrogen-bond acceptors (Lipinski definition) is 5. The Labute approximate surface area is 201 Å². The van der Waals surface area contributed by atoms with Crippen LogP contribution < -0.4 is 5.32 Å². The number of pyridine rings is 1. The van der Waals surface area contributed by atoms with Gasteiger partial charge >= 0.3 is 0 Å². The minimum absolute atomic E-state index is 0.106. The van der Waals surface area contributed by atoms with Crippen molar-refractivity contribution in [3.05, 3.63) is 88.6 Å². The van der Waals surface area contributed by atoms with Crippen molar-refractivity contribution in [3.63, 3.8) is 0 Å². The molecule has 4 nitrogen and oxygen atoms in total. The van der Waals surface area contributed by atoms with Crippen LogP contribution in [0.25, 0.3) is 32.7 Å². The van der Waals surface area contributed by atoms with Crippen molar-refractivity contribution in [2.75, 3.05) is 5.32 Å². The summed E-state index contributed by atoms with van der Waals surface area (Å²) in [6, 6.07) is 22.1. The molecule has 0 spiro atoms. The van der Waals surface area contributed by atoms with Gasteiger partial charge in [-0.05, 0) is 34.6 Å². The van der Waals surface area contributed by atoms with Crippen LogP contribution in [0.5, 0.6) is 0 Å². The summed E-state index contributed by atoms with van der Waals surface area (Å²) in [7, 11) is 0. The number of nitrogens with zero attached hydrogens (tertiary/aromatic N) is 2. The fourth-order valence-corrected chi connectivity index (χ4v) is 5.08. The van der Waals surface area contributed by atoms with Crippen molar-refractivity contribution in [2.45, 2.75) is 26.2 Å². The van der Waals surface area contributed by atoms with E-state index >= 15 is 0 Å². The Hall–Kier alpha value is -3.35. The van der Waals surface area contributed by atoms with Crippen molar-refractivity contribution in [3.8, 4) is 21.8 Å². The van der Waals surface area contributed by atoms with Gasteiger partial charge < -0.3 is 0 Å². The third kappa shape index (κ3) is 4.45. The fraction of sp³-hybridized carbons (Fsp3) is 0.148. The molecule has 1 amide bonds. The zero-order valence-electron chi connectivity index (χ0n) is 18.6. The van der Waals surface area contributed by atoms with Gasteiger partial charge in [0.05, 0.1) is 27.3 Å². The van der Waals surface area contributed by atoms with Crippen LogP contribution in [0.1, 0.15) is 36.7 Å². The van der Waals surface area contributed by atoms with Gasteiger partial charge in [-0.3, -0.25) is 10.1 Å². The maximum Gasteiger partial charge on any atom is 0.258 e. The number of nitrogens with one attached hydrogen (secondary N) is 1. The van der Waals surface area contributed by atoms with Gasteiger partial charge in [-0.25, -0.2) is 9.97 Å². The van der Waals surface area contributed by atoms with Crippen molar-refractivity contribution >= 4 is 44.6 Å². The van der Waals surface area contributed by atoms with Gasteiger partial charge in [0.1, 0.15) is 0 Å². The first-order valence-corrected chi connectivity index (χ1v) is 12.5. The lowest BCUT2D eigenvalue weighted by Crippen LogP contribution is -2.13. The maximum absolute atomic E-state index is 13.3. The first kappa shape index (κ1) is 21.5. The molecule has 5 rings (SSSR count). The highest BCUT2D eigenvalue weighted by Gasteiger charge is 2.17. The molecule has 0 radical (unpaired) electrons. The van der Waals surface area contributed by atoms with Crippen LogP contribution in [-0.4, -0.2) is 15.9 Å². The first-order valence-electron chi connectivity index (χ1n) is 10.7. The van der Waals surface area contributed by atoms with Crippen molar-refractivity contribution in [2.24, 2.45) is 0 Å². The molecule has 0 aliphatic carbocycles. The molecular weight excluding hydrogens is 446 g/mol. The smallest absolute Gasteiger partial charge is 0.258 e. The topological polar surface area (TPSA) is 54.9 Å². The Morgan fingerprint density at radius 1 is 0.879 bits per heavy atom. The number of fused-ring (bicyclic) bond motifs is 1. The molecule has 0 atom stereocenters. The van der Waals surface area contributed by atoms with Gasteiger partial charge in [0.2, 0.25) is 0 Å². The summed E-state index contributed by atoms with van der Waals surface area (Å²) in [5.74, 6) is -0.185. The third-order valence-electron chi connectivity index (χ3n) is 5.51. The lowest BCUT2D eigenvalue weighted by Gasteiger charge is -2.18. The lowest BCUT2D eigenvalue weighted by atomic mass is 9.86. The summed E-state index contributed by atoms with van der Waals surface area (Å²) in [4.78, 5) is 23.7. The second-order valence-electron chi connectivity index (χ2n) is 8.87. The standard InChI is InChI=1S/C27H23N3OS2/c1-27(2,3)18-12-10-17(11-13-18)23-16-33-26(29-23)30-25(31)20-15-22(24-9-6-14-32-24)28-21-8-5-4-7-19(20)21/h4-16H,1-3H3,(H,29,30,31). The van der Waals surface area contributed by atoms with Crippen LogP contribution in [0.4, 0.5) is 5.13 Å². The van der Waals surface area contributed by atoms with E-state index in [1.165, 1.54) is 16.9 Å². The van der Waals surface area contributed by atoms with Gasteiger partial charge in [0, 0.05) is 16.3 Å². The molecule has 0 fully saturated rings. The number of aromatic nitrogens is 2. The second-order valence-corrected chi connectivity index (χ2v) is 10.7. The molecule has 5 aromatic rings. The molecule has 33 heavy (non-hydrogen) atoms. The predicted octanol–water partition coefficient (Wildman–Crippen LogP) is 7.64. The number of anilines is 1. The van der Waals surface area contributed by atoms with E-state index in [-0.39, 0.29) is 11.3 Å². The van der Waals surface area contributed by atoms with Gasteiger partial charge in [0.15, 0.2) is 5.13 Å². The van der Waals surface area contributed by atoms with Gasteiger partial charge in [0.25, 0.3) is 5.91 Å². The van der Waals surface area contributed by atoms with Crippen molar-refractivity contribution < 1.29 is 4.79 Å². The molecule has 0 bridgehead atoms. The third-order valence-corrected chi connectivity index (χ3v) is 7.16. The minimum Gasteiger partial charge on any atom is -0.298 e. The van der Waals surface area contributed by atoms with Gasteiger partial charge in [-0.2, -0.15) is 0 Å². The highest BCUT2D eigenvalue weighted by Crippen LogP contribution is 2.31. The van der Waals surface area contributed by atoms with Crippen molar-refractivity contribution in [1.82, 2.24) is 9.97 Å². The second kappa shape index (κ2) is 8.54. The SMILES string of the molecule is CC(C)(C)c1ccc(-c2csc(NC(=O)c3cc(-c4cccs4)nc4ccccc34)n2)cc1. The number of hydrogen-bond donors (Lipinski definition) is 1. The predicted molar refractivity (Wildman–Crippen MR) is 139 cm³/mol. The van der Waals surface area contributed by atoms with Crippen LogP contribution in [0.3, 0.4) is 0 Å². The number of amides is 1. The molecule has 0 saturated heterocycles. The van der Waals surface area contributed by atoms with Crippen LogP contribution in [-0.2, 0) is 5.41 Å². The van der Waals surface area contributed by atoms with E-state index < -0.39 is 0 Å². The van der Waals surface area contributed by atoms with E-state index in [1.807, 2.05) is 53.2 Å². The lowest BCUT2D eigenvalue weighted by molar-refractivity contribution is 0.102. The van der Waals surface area contributed by atoms with E-state index in [0.29, 0.717) is 10.7 Å². The van der Waals surface area contributed by atoms with E-state index in [4.69, 9.17) is 4.98 Å². The zero-order chi connectivity index (χ0) is 23.0. The van der Waals surface area contributed by atoms with Crippen LogP contribution in [0, 0.1) is 0 Å². The quantitative estimate of drug-likeness (QED) is 0.294. The molecule has 0 saturated carbocycles.